The molecule has 24 heavy (non-hydrogen) atoms. The van der Waals surface area contributed by atoms with E-state index in [1.165, 1.54) is 12.1 Å². The molecule has 0 fully saturated rings. The van der Waals surface area contributed by atoms with Crippen LogP contribution in [0.3, 0.4) is 0 Å². The SMILES string of the molecule is O=C(COc1cc(F)ccc1F)NN1C(=O)c2ccccc2C1=O. The van der Waals surface area contributed by atoms with Crippen molar-refractivity contribution in [2.75, 3.05) is 6.61 Å². The first-order valence-electron chi connectivity index (χ1n) is 6.82. The molecule has 2 aromatic carbocycles. The number of imide groups is 1. The quantitative estimate of drug-likeness (QED) is 0.864. The predicted molar refractivity (Wildman–Crippen MR) is 76.9 cm³/mol. The molecule has 6 nitrogen and oxygen atoms in total. The molecule has 2 aromatic rings. The number of benzene rings is 2. The number of nitrogens with zero attached hydrogens (tertiary/aromatic N) is 1. The van der Waals surface area contributed by atoms with Crippen molar-refractivity contribution in [2.45, 2.75) is 0 Å². The highest BCUT2D eigenvalue weighted by atomic mass is 19.1. The smallest absolute Gasteiger partial charge is 0.280 e. The minimum absolute atomic E-state index is 0.167. The first-order chi connectivity index (χ1) is 11.5. The molecule has 1 aliphatic heterocycles. The van der Waals surface area contributed by atoms with Crippen molar-refractivity contribution >= 4 is 17.7 Å². The van der Waals surface area contributed by atoms with Crippen LogP contribution >= 0.6 is 0 Å². The Balaban J connectivity index is 1.65. The molecule has 0 unspecified atom stereocenters. The first-order valence-corrected chi connectivity index (χ1v) is 6.82. The Hall–Kier alpha value is -3.29. The molecule has 122 valence electrons. The number of hydrogen-bond acceptors (Lipinski definition) is 4. The lowest BCUT2D eigenvalue weighted by Crippen LogP contribution is -2.47. The van der Waals surface area contributed by atoms with E-state index in [2.05, 4.69) is 5.43 Å². The summed E-state index contributed by atoms with van der Waals surface area (Å²) in [5, 5.41) is 0.554. The van der Waals surface area contributed by atoms with Crippen LogP contribution in [0.2, 0.25) is 0 Å². The van der Waals surface area contributed by atoms with Gasteiger partial charge in [0.15, 0.2) is 18.2 Å². The van der Waals surface area contributed by atoms with E-state index in [0.717, 1.165) is 18.2 Å². The van der Waals surface area contributed by atoms with Crippen LogP contribution in [-0.2, 0) is 4.79 Å². The van der Waals surface area contributed by atoms with Crippen LogP contribution in [0.1, 0.15) is 20.7 Å². The molecule has 0 aliphatic carbocycles. The number of carbonyl (C=O) groups is 3. The fraction of sp³-hybridized carbons (Fsp3) is 0.0625. The topological polar surface area (TPSA) is 75.7 Å². The molecular formula is C16H10F2N2O4. The van der Waals surface area contributed by atoms with E-state index in [1.807, 2.05) is 0 Å². The molecule has 0 bridgehead atoms. The molecule has 0 saturated carbocycles. The average molecular weight is 332 g/mol. The van der Waals surface area contributed by atoms with Gasteiger partial charge in [0.2, 0.25) is 0 Å². The summed E-state index contributed by atoms with van der Waals surface area (Å²) in [6.07, 6.45) is 0. The monoisotopic (exact) mass is 332 g/mol. The van der Waals surface area contributed by atoms with Crippen molar-refractivity contribution in [3.05, 3.63) is 65.2 Å². The second-order valence-electron chi connectivity index (χ2n) is 4.89. The summed E-state index contributed by atoms with van der Waals surface area (Å²) in [6, 6.07) is 8.63. The maximum absolute atomic E-state index is 13.4. The summed E-state index contributed by atoms with van der Waals surface area (Å²) >= 11 is 0. The largest absolute Gasteiger partial charge is 0.481 e. The van der Waals surface area contributed by atoms with E-state index in [4.69, 9.17) is 4.74 Å². The number of fused-ring (bicyclic) bond motifs is 1. The minimum atomic E-state index is -0.867. The van der Waals surface area contributed by atoms with Gasteiger partial charge in [0, 0.05) is 6.07 Å². The molecule has 0 radical (unpaired) electrons. The minimum Gasteiger partial charge on any atom is -0.481 e. The molecule has 3 amide bonds. The third-order valence-corrected chi connectivity index (χ3v) is 3.28. The molecule has 1 heterocycles. The summed E-state index contributed by atoms with van der Waals surface area (Å²) in [4.78, 5) is 35.9. The van der Waals surface area contributed by atoms with Gasteiger partial charge in [0.05, 0.1) is 11.1 Å². The number of halogens is 2. The molecule has 3 rings (SSSR count). The van der Waals surface area contributed by atoms with Gasteiger partial charge in [-0.3, -0.25) is 19.8 Å². The number of nitrogens with one attached hydrogen (secondary N) is 1. The molecule has 1 N–H and O–H groups in total. The van der Waals surface area contributed by atoms with Crippen LogP contribution in [0.5, 0.6) is 5.75 Å². The molecule has 0 aromatic heterocycles. The standard InChI is InChI=1S/C16H10F2N2O4/c17-9-5-6-12(18)13(7-9)24-8-14(21)19-20-15(22)10-3-1-2-4-11(10)16(20)23/h1-7H,8H2,(H,19,21). The predicted octanol–water partition coefficient (Wildman–Crippen LogP) is 1.67. The number of rotatable bonds is 4. The number of carbonyl (C=O) groups excluding carboxylic acids is 3. The van der Waals surface area contributed by atoms with Gasteiger partial charge in [-0.15, -0.1) is 0 Å². The van der Waals surface area contributed by atoms with E-state index < -0.39 is 41.7 Å². The lowest BCUT2D eigenvalue weighted by Gasteiger charge is -2.15. The van der Waals surface area contributed by atoms with Gasteiger partial charge in [-0.1, -0.05) is 12.1 Å². The Morgan fingerprint density at radius 2 is 1.67 bits per heavy atom. The van der Waals surface area contributed by atoms with Gasteiger partial charge in [0.1, 0.15) is 5.82 Å². The van der Waals surface area contributed by atoms with E-state index in [-0.39, 0.29) is 11.1 Å². The second kappa shape index (κ2) is 6.07. The van der Waals surface area contributed by atoms with Crippen molar-refractivity contribution < 1.29 is 27.9 Å². The molecular weight excluding hydrogens is 322 g/mol. The lowest BCUT2D eigenvalue weighted by atomic mass is 10.1. The third-order valence-electron chi connectivity index (χ3n) is 3.28. The van der Waals surface area contributed by atoms with Gasteiger partial charge >= 0.3 is 0 Å². The molecule has 8 heteroatoms. The fourth-order valence-electron chi connectivity index (χ4n) is 2.18. The zero-order valence-corrected chi connectivity index (χ0v) is 12.1. The summed E-state index contributed by atoms with van der Waals surface area (Å²) in [7, 11) is 0. The van der Waals surface area contributed by atoms with Crippen LogP contribution in [0.15, 0.2) is 42.5 Å². The van der Waals surface area contributed by atoms with Crippen LogP contribution in [-0.4, -0.2) is 29.3 Å². The van der Waals surface area contributed by atoms with E-state index >= 15 is 0 Å². The van der Waals surface area contributed by atoms with Crippen molar-refractivity contribution in [3.63, 3.8) is 0 Å². The maximum atomic E-state index is 13.4. The highest BCUT2D eigenvalue weighted by molar-refractivity contribution is 6.21. The van der Waals surface area contributed by atoms with E-state index in [0.29, 0.717) is 5.01 Å². The van der Waals surface area contributed by atoms with Crippen molar-refractivity contribution in [1.29, 1.82) is 0 Å². The highest BCUT2D eigenvalue weighted by Gasteiger charge is 2.36. The van der Waals surface area contributed by atoms with Crippen LogP contribution in [0.4, 0.5) is 8.78 Å². The van der Waals surface area contributed by atoms with E-state index in [9.17, 15) is 23.2 Å². The third kappa shape index (κ3) is 2.81. The summed E-state index contributed by atoms with van der Waals surface area (Å²) in [5.74, 6) is -4.25. The molecule has 0 atom stereocenters. The Morgan fingerprint density at radius 3 is 2.29 bits per heavy atom. The Labute approximate surface area is 134 Å². The first kappa shape index (κ1) is 15.6. The second-order valence-corrected chi connectivity index (χ2v) is 4.89. The van der Waals surface area contributed by atoms with Crippen LogP contribution < -0.4 is 10.2 Å². The van der Waals surface area contributed by atoms with Gasteiger partial charge in [-0.2, -0.15) is 5.01 Å². The average Bonchev–Trinajstić information content (AvgIpc) is 2.81. The van der Waals surface area contributed by atoms with Crippen molar-refractivity contribution in [1.82, 2.24) is 10.4 Å². The Bertz CT molecular complexity index is 819. The number of amides is 3. The number of hydrogen-bond donors (Lipinski definition) is 1. The zero-order chi connectivity index (χ0) is 17.3. The molecule has 0 spiro atoms. The summed E-state index contributed by atoms with van der Waals surface area (Å²) in [6.45, 7) is -0.701. The maximum Gasteiger partial charge on any atom is 0.280 e. The number of ether oxygens (including phenoxy) is 1. The zero-order valence-electron chi connectivity index (χ0n) is 12.1. The normalized spacial score (nSPS) is 13.0. The Morgan fingerprint density at radius 1 is 1.04 bits per heavy atom. The fourth-order valence-corrected chi connectivity index (χ4v) is 2.18. The van der Waals surface area contributed by atoms with Crippen molar-refractivity contribution in [2.24, 2.45) is 0 Å². The van der Waals surface area contributed by atoms with Gasteiger partial charge < -0.3 is 4.74 Å². The van der Waals surface area contributed by atoms with Crippen molar-refractivity contribution in [3.8, 4) is 5.75 Å². The summed E-state index contributed by atoms with van der Waals surface area (Å²) in [5.41, 5.74) is 2.42. The van der Waals surface area contributed by atoms with Crippen LogP contribution in [0, 0.1) is 11.6 Å². The van der Waals surface area contributed by atoms with Crippen LogP contribution in [0.25, 0.3) is 0 Å². The molecule has 0 saturated heterocycles. The lowest BCUT2D eigenvalue weighted by molar-refractivity contribution is -0.126. The number of hydrazine groups is 1. The van der Waals surface area contributed by atoms with Gasteiger partial charge in [-0.05, 0) is 24.3 Å². The Kier molecular flexibility index (Phi) is 3.95. The van der Waals surface area contributed by atoms with E-state index in [1.54, 1.807) is 12.1 Å². The molecule has 1 aliphatic rings. The van der Waals surface area contributed by atoms with Gasteiger partial charge in [0.25, 0.3) is 17.7 Å². The van der Waals surface area contributed by atoms with Gasteiger partial charge in [-0.25, -0.2) is 8.78 Å². The highest BCUT2D eigenvalue weighted by Crippen LogP contribution is 2.21. The summed E-state index contributed by atoms with van der Waals surface area (Å²) < 4.78 is 31.3.